The third-order valence-corrected chi connectivity index (χ3v) is 1.94. The van der Waals surface area contributed by atoms with Gasteiger partial charge >= 0.3 is 0 Å². The lowest BCUT2D eigenvalue weighted by Crippen LogP contribution is -2.00. The predicted molar refractivity (Wildman–Crippen MR) is 54.0 cm³/mol. The summed E-state index contributed by atoms with van der Waals surface area (Å²) in [6.07, 6.45) is 5.02. The molecule has 1 rings (SSSR count). The van der Waals surface area contributed by atoms with Gasteiger partial charge in [-0.05, 0) is 25.0 Å². The molecule has 0 atom stereocenters. The number of hydrogen-bond acceptors (Lipinski definition) is 2. The van der Waals surface area contributed by atoms with Crippen LogP contribution in [0.15, 0.2) is 18.3 Å². The van der Waals surface area contributed by atoms with Gasteiger partial charge in [0, 0.05) is 6.20 Å². The van der Waals surface area contributed by atoms with Gasteiger partial charge in [0.15, 0.2) is 0 Å². The number of rotatable bonds is 5. The molecule has 72 valence electrons. The lowest BCUT2D eigenvalue weighted by molar-refractivity contribution is 0.305. The van der Waals surface area contributed by atoms with E-state index < -0.39 is 0 Å². The largest absolute Gasteiger partial charge is 0.492 e. The molecule has 0 aromatic carbocycles. The van der Waals surface area contributed by atoms with Crippen molar-refractivity contribution in [2.75, 3.05) is 6.61 Å². The van der Waals surface area contributed by atoms with Crippen molar-refractivity contribution in [3.8, 4) is 5.75 Å². The van der Waals surface area contributed by atoms with E-state index in [0.29, 0.717) is 0 Å². The fraction of sp³-hybridized carbons (Fsp3) is 0.545. The summed E-state index contributed by atoms with van der Waals surface area (Å²) in [6.45, 7) is 5.05. The first-order valence-corrected chi connectivity index (χ1v) is 4.95. The van der Waals surface area contributed by atoms with Crippen LogP contribution in [0.5, 0.6) is 5.75 Å². The fourth-order valence-corrected chi connectivity index (χ4v) is 1.15. The Morgan fingerprint density at radius 3 is 2.92 bits per heavy atom. The maximum Gasteiger partial charge on any atom is 0.140 e. The highest BCUT2D eigenvalue weighted by Gasteiger charge is 2.00. The van der Waals surface area contributed by atoms with Crippen LogP contribution in [0.25, 0.3) is 0 Å². The average molecular weight is 179 g/mol. The summed E-state index contributed by atoms with van der Waals surface area (Å²) in [6, 6.07) is 3.90. The van der Waals surface area contributed by atoms with Gasteiger partial charge in [-0.2, -0.15) is 0 Å². The van der Waals surface area contributed by atoms with Crippen LogP contribution in [0, 0.1) is 0 Å². The SMILES string of the molecule is CCCCOc1cccnc1CC. The number of ether oxygens (including phenoxy) is 1. The highest BCUT2D eigenvalue weighted by atomic mass is 16.5. The Kier molecular flexibility index (Phi) is 4.30. The van der Waals surface area contributed by atoms with E-state index in [1.54, 1.807) is 0 Å². The van der Waals surface area contributed by atoms with Gasteiger partial charge in [0.2, 0.25) is 0 Å². The Balaban J connectivity index is 2.54. The summed E-state index contributed by atoms with van der Waals surface area (Å²) in [7, 11) is 0. The van der Waals surface area contributed by atoms with E-state index in [9.17, 15) is 0 Å². The Morgan fingerprint density at radius 1 is 1.38 bits per heavy atom. The molecule has 0 aliphatic rings. The molecule has 0 bridgehead atoms. The number of nitrogens with zero attached hydrogens (tertiary/aromatic N) is 1. The summed E-state index contributed by atoms with van der Waals surface area (Å²) < 4.78 is 5.61. The average Bonchev–Trinajstić information content (AvgIpc) is 2.19. The van der Waals surface area contributed by atoms with E-state index >= 15 is 0 Å². The first-order chi connectivity index (χ1) is 6.38. The minimum absolute atomic E-state index is 0.801. The fourth-order valence-electron chi connectivity index (χ4n) is 1.15. The summed E-state index contributed by atoms with van der Waals surface area (Å²) in [4.78, 5) is 4.25. The van der Waals surface area contributed by atoms with Crippen molar-refractivity contribution in [2.45, 2.75) is 33.1 Å². The quantitative estimate of drug-likeness (QED) is 0.648. The van der Waals surface area contributed by atoms with Crippen molar-refractivity contribution < 1.29 is 4.74 Å². The van der Waals surface area contributed by atoms with Crippen molar-refractivity contribution in [1.29, 1.82) is 0 Å². The van der Waals surface area contributed by atoms with Crippen LogP contribution in [0.4, 0.5) is 0 Å². The van der Waals surface area contributed by atoms with Gasteiger partial charge in [0.05, 0.1) is 12.3 Å². The molecule has 13 heavy (non-hydrogen) atoms. The predicted octanol–water partition coefficient (Wildman–Crippen LogP) is 2.82. The highest BCUT2D eigenvalue weighted by Crippen LogP contribution is 2.15. The molecule has 0 aliphatic heterocycles. The number of hydrogen-bond donors (Lipinski definition) is 0. The minimum Gasteiger partial charge on any atom is -0.492 e. The second-order valence-corrected chi connectivity index (χ2v) is 3.00. The molecule has 2 nitrogen and oxygen atoms in total. The molecule has 0 radical (unpaired) electrons. The summed E-state index contributed by atoms with van der Waals surface area (Å²) in [5.41, 5.74) is 1.05. The molecule has 0 spiro atoms. The van der Waals surface area contributed by atoms with Crippen molar-refractivity contribution in [1.82, 2.24) is 4.98 Å². The first-order valence-electron chi connectivity index (χ1n) is 4.95. The molecule has 0 amide bonds. The standard InChI is InChI=1S/C11H17NO/c1-3-5-9-13-11-7-6-8-12-10(11)4-2/h6-8H,3-5,9H2,1-2H3. The van der Waals surface area contributed by atoms with Gasteiger partial charge in [-0.25, -0.2) is 0 Å². The smallest absolute Gasteiger partial charge is 0.140 e. The summed E-state index contributed by atoms with van der Waals surface area (Å²) >= 11 is 0. The van der Waals surface area contributed by atoms with Crippen molar-refractivity contribution >= 4 is 0 Å². The van der Waals surface area contributed by atoms with Crippen molar-refractivity contribution in [2.24, 2.45) is 0 Å². The van der Waals surface area contributed by atoms with E-state index in [1.807, 2.05) is 18.3 Å². The van der Waals surface area contributed by atoms with Gasteiger partial charge < -0.3 is 4.74 Å². The van der Waals surface area contributed by atoms with Crippen LogP contribution in [0.1, 0.15) is 32.4 Å². The molecule has 1 aromatic rings. The van der Waals surface area contributed by atoms with Crippen LogP contribution < -0.4 is 4.74 Å². The van der Waals surface area contributed by atoms with Crippen LogP contribution in [0.2, 0.25) is 0 Å². The molecule has 0 unspecified atom stereocenters. The van der Waals surface area contributed by atoms with E-state index in [2.05, 4.69) is 18.8 Å². The number of pyridine rings is 1. The Hall–Kier alpha value is -1.05. The Morgan fingerprint density at radius 2 is 2.23 bits per heavy atom. The summed E-state index contributed by atoms with van der Waals surface area (Å²) in [5.74, 6) is 0.943. The molecule has 0 N–H and O–H groups in total. The zero-order valence-electron chi connectivity index (χ0n) is 8.42. The van der Waals surface area contributed by atoms with Crippen LogP contribution in [0.3, 0.4) is 0 Å². The maximum atomic E-state index is 5.61. The molecule has 0 fully saturated rings. The molecule has 0 aliphatic carbocycles. The van der Waals surface area contributed by atoms with Crippen LogP contribution in [-0.4, -0.2) is 11.6 Å². The molecule has 0 saturated heterocycles. The van der Waals surface area contributed by atoms with E-state index in [0.717, 1.165) is 30.9 Å². The normalized spacial score (nSPS) is 10.0. The molecule has 1 aromatic heterocycles. The van der Waals surface area contributed by atoms with Gasteiger partial charge in [0.25, 0.3) is 0 Å². The lowest BCUT2D eigenvalue weighted by Gasteiger charge is -2.08. The zero-order chi connectivity index (χ0) is 9.52. The van der Waals surface area contributed by atoms with E-state index in [4.69, 9.17) is 4.74 Å². The second kappa shape index (κ2) is 5.57. The number of aromatic nitrogens is 1. The Labute approximate surface area is 80.0 Å². The Bertz CT molecular complexity index is 248. The zero-order valence-corrected chi connectivity index (χ0v) is 8.42. The maximum absolute atomic E-state index is 5.61. The van der Waals surface area contributed by atoms with Crippen molar-refractivity contribution in [3.63, 3.8) is 0 Å². The van der Waals surface area contributed by atoms with Gasteiger partial charge in [-0.15, -0.1) is 0 Å². The molecular weight excluding hydrogens is 162 g/mol. The minimum atomic E-state index is 0.801. The van der Waals surface area contributed by atoms with Gasteiger partial charge in [-0.3, -0.25) is 4.98 Å². The van der Waals surface area contributed by atoms with Gasteiger partial charge in [0.1, 0.15) is 5.75 Å². The number of unbranched alkanes of at least 4 members (excludes halogenated alkanes) is 1. The summed E-state index contributed by atoms with van der Waals surface area (Å²) in [5, 5.41) is 0. The molecule has 1 heterocycles. The monoisotopic (exact) mass is 179 g/mol. The number of aryl methyl sites for hydroxylation is 1. The third kappa shape index (κ3) is 3.05. The third-order valence-electron chi connectivity index (χ3n) is 1.94. The topological polar surface area (TPSA) is 22.1 Å². The molecule has 2 heteroatoms. The van der Waals surface area contributed by atoms with Gasteiger partial charge in [-0.1, -0.05) is 20.3 Å². The molecule has 0 saturated carbocycles. The van der Waals surface area contributed by atoms with Crippen molar-refractivity contribution in [3.05, 3.63) is 24.0 Å². The second-order valence-electron chi connectivity index (χ2n) is 3.00. The highest BCUT2D eigenvalue weighted by molar-refractivity contribution is 5.26. The van der Waals surface area contributed by atoms with Crippen LogP contribution >= 0.6 is 0 Å². The van der Waals surface area contributed by atoms with Crippen LogP contribution in [-0.2, 0) is 6.42 Å². The van der Waals surface area contributed by atoms with E-state index in [1.165, 1.54) is 6.42 Å². The van der Waals surface area contributed by atoms with E-state index in [-0.39, 0.29) is 0 Å². The lowest BCUT2D eigenvalue weighted by atomic mass is 10.2. The first kappa shape index (κ1) is 10.0. The molecular formula is C11H17NO.